The molecule has 0 saturated carbocycles. The summed E-state index contributed by atoms with van der Waals surface area (Å²) < 4.78 is -0.517. The highest BCUT2D eigenvalue weighted by Crippen LogP contribution is 2.16. The van der Waals surface area contributed by atoms with Crippen molar-refractivity contribution in [3.8, 4) is 0 Å². The van der Waals surface area contributed by atoms with Gasteiger partial charge in [-0.2, -0.15) is 0 Å². The number of rotatable bonds is 4. The average Bonchev–Trinajstić information content (AvgIpc) is 2.25. The maximum absolute atomic E-state index is 11.6. The molecular weight excluding hydrogens is 280 g/mol. The topological polar surface area (TPSA) is 32.3 Å². The molecule has 0 unspecified atom stereocenters. The fourth-order valence-electron chi connectivity index (χ4n) is 1.30. The molecule has 4 heteroatoms. The predicted octanol–water partition coefficient (Wildman–Crippen LogP) is 2.54. The summed E-state index contributed by atoms with van der Waals surface area (Å²) >= 11 is 3.33. The first-order valence-electron chi connectivity index (χ1n) is 5.54. The molecule has 1 N–H and O–H groups in total. The first-order valence-corrected chi connectivity index (χ1v) is 6.33. The molecule has 0 atom stereocenters. The molecule has 0 saturated heterocycles. The Labute approximate surface area is 111 Å². The summed E-state index contributed by atoms with van der Waals surface area (Å²) in [6, 6.07) is 8.13. The lowest BCUT2D eigenvalue weighted by Crippen LogP contribution is -2.37. The summed E-state index contributed by atoms with van der Waals surface area (Å²) in [5.41, 5.74) is 2.25. The summed E-state index contributed by atoms with van der Waals surface area (Å²) in [6.45, 7) is 4.22. The zero-order valence-electron chi connectivity index (χ0n) is 10.7. The molecular formula is C13H19BrN2O. The lowest BCUT2D eigenvalue weighted by molar-refractivity contribution is -0.122. The van der Waals surface area contributed by atoms with E-state index in [0.29, 0.717) is 6.54 Å². The molecule has 0 heterocycles. The number of hydrogen-bond donors (Lipinski definition) is 1. The van der Waals surface area contributed by atoms with Gasteiger partial charge in [-0.3, -0.25) is 4.79 Å². The van der Waals surface area contributed by atoms with Gasteiger partial charge >= 0.3 is 0 Å². The Morgan fingerprint density at radius 1 is 1.29 bits per heavy atom. The molecule has 0 aliphatic carbocycles. The third-order valence-electron chi connectivity index (χ3n) is 2.45. The zero-order valence-corrected chi connectivity index (χ0v) is 12.3. The fourth-order valence-corrected chi connectivity index (χ4v) is 1.44. The molecule has 0 aliphatic heterocycles. The number of benzene rings is 1. The SMILES string of the molecule is CN(C)c1ccc(CNC(=O)C(C)(C)Br)cc1. The number of alkyl halides is 1. The van der Waals surface area contributed by atoms with Gasteiger partial charge in [-0.05, 0) is 31.5 Å². The van der Waals surface area contributed by atoms with Gasteiger partial charge < -0.3 is 10.2 Å². The molecule has 0 fully saturated rings. The van der Waals surface area contributed by atoms with Crippen molar-refractivity contribution < 1.29 is 4.79 Å². The Bertz CT molecular complexity index is 379. The van der Waals surface area contributed by atoms with E-state index < -0.39 is 4.32 Å². The Morgan fingerprint density at radius 3 is 2.24 bits per heavy atom. The number of halogens is 1. The Hall–Kier alpha value is -1.03. The second kappa shape index (κ2) is 5.54. The minimum absolute atomic E-state index is 0.00538. The van der Waals surface area contributed by atoms with Crippen LogP contribution in [0.25, 0.3) is 0 Å². The van der Waals surface area contributed by atoms with Gasteiger partial charge in [0.1, 0.15) is 0 Å². The van der Waals surface area contributed by atoms with Crippen LogP contribution in [0.15, 0.2) is 24.3 Å². The molecule has 1 rings (SSSR count). The molecule has 1 aromatic carbocycles. The van der Waals surface area contributed by atoms with Crippen LogP contribution >= 0.6 is 15.9 Å². The molecule has 3 nitrogen and oxygen atoms in total. The van der Waals surface area contributed by atoms with E-state index in [2.05, 4.69) is 21.2 Å². The van der Waals surface area contributed by atoms with Gasteiger partial charge in [0.2, 0.25) is 5.91 Å². The third kappa shape index (κ3) is 4.38. The first kappa shape index (κ1) is 14.0. The van der Waals surface area contributed by atoms with Crippen molar-refractivity contribution in [3.05, 3.63) is 29.8 Å². The summed E-state index contributed by atoms with van der Waals surface area (Å²) in [5.74, 6) is -0.00538. The van der Waals surface area contributed by atoms with Crippen LogP contribution in [0.5, 0.6) is 0 Å². The number of nitrogens with zero attached hydrogens (tertiary/aromatic N) is 1. The van der Waals surface area contributed by atoms with Crippen molar-refractivity contribution in [2.24, 2.45) is 0 Å². The average molecular weight is 299 g/mol. The Balaban J connectivity index is 2.56. The van der Waals surface area contributed by atoms with Crippen LogP contribution < -0.4 is 10.2 Å². The number of carbonyl (C=O) groups is 1. The van der Waals surface area contributed by atoms with E-state index in [4.69, 9.17) is 0 Å². The minimum atomic E-state index is -0.517. The molecule has 1 aromatic rings. The van der Waals surface area contributed by atoms with Crippen LogP contribution in [0.3, 0.4) is 0 Å². The Morgan fingerprint density at radius 2 is 1.82 bits per heavy atom. The fraction of sp³-hybridized carbons (Fsp3) is 0.462. The van der Waals surface area contributed by atoms with Gasteiger partial charge in [0.05, 0.1) is 4.32 Å². The molecule has 0 bridgehead atoms. The number of anilines is 1. The maximum atomic E-state index is 11.6. The largest absolute Gasteiger partial charge is 0.378 e. The molecule has 94 valence electrons. The highest BCUT2D eigenvalue weighted by Gasteiger charge is 2.22. The third-order valence-corrected chi connectivity index (χ3v) is 2.81. The second-order valence-corrected chi connectivity index (χ2v) is 6.70. The van der Waals surface area contributed by atoms with Gasteiger partial charge in [-0.25, -0.2) is 0 Å². The Kier molecular flexibility index (Phi) is 4.57. The van der Waals surface area contributed by atoms with Crippen LogP contribution in [0.4, 0.5) is 5.69 Å². The van der Waals surface area contributed by atoms with Crippen LogP contribution in [0.1, 0.15) is 19.4 Å². The van der Waals surface area contributed by atoms with Gasteiger partial charge in [0.25, 0.3) is 0 Å². The second-order valence-electron chi connectivity index (χ2n) is 4.72. The van der Waals surface area contributed by atoms with E-state index in [1.54, 1.807) is 0 Å². The van der Waals surface area contributed by atoms with Crippen LogP contribution in [-0.2, 0) is 11.3 Å². The van der Waals surface area contributed by atoms with Crippen molar-refractivity contribution in [3.63, 3.8) is 0 Å². The predicted molar refractivity (Wildman–Crippen MR) is 75.6 cm³/mol. The number of amides is 1. The zero-order chi connectivity index (χ0) is 13.1. The summed E-state index contributed by atoms with van der Waals surface area (Å²) in [5, 5.41) is 2.89. The van der Waals surface area contributed by atoms with Crippen molar-refractivity contribution >= 4 is 27.5 Å². The molecule has 17 heavy (non-hydrogen) atoms. The smallest absolute Gasteiger partial charge is 0.236 e. The lowest BCUT2D eigenvalue weighted by atomic mass is 10.1. The van der Waals surface area contributed by atoms with Gasteiger partial charge in [0, 0.05) is 26.3 Å². The van der Waals surface area contributed by atoms with Gasteiger partial charge in [-0.15, -0.1) is 0 Å². The quantitative estimate of drug-likeness (QED) is 0.867. The summed E-state index contributed by atoms with van der Waals surface area (Å²) in [4.78, 5) is 13.7. The van der Waals surface area contributed by atoms with Crippen LogP contribution in [0, 0.1) is 0 Å². The summed E-state index contributed by atoms with van der Waals surface area (Å²) in [7, 11) is 4.01. The van der Waals surface area contributed by atoms with Crippen LogP contribution in [-0.4, -0.2) is 24.3 Å². The van der Waals surface area contributed by atoms with Crippen LogP contribution in [0.2, 0.25) is 0 Å². The van der Waals surface area contributed by atoms with Crippen molar-refractivity contribution in [2.75, 3.05) is 19.0 Å². The summed E-state index contributed by atoms with van der Waals surface area (Å²) in [6.07, 6.45) is 0. The van der Waals surface area contributed by atoms with E-state index in [9.17, 15) is 4.79 Å². The number of hydrogen-bond acceptors (Lipinski definition) is 2. The molecule has 0 radical (unpaired) electrons. The minimum Gasteiger partial charge on any atom is -0.378 e. The standard InChI is InChI=1S/C13H19BrN2O/c1-13(2,14)12(17)15-9-10-5-7-11(8-6-10)16(3)4/h5-8H,9H2,1-4H3,(H,15,17). The normalized spacial score (nSPS) is 11.1. The van der Waals surface area contributed by atoms with E-state index in [1.165, 1.54) is 0 Å². The van der Waals surface area contributed by atoms with Crippen molar-refractivity contribution in [2.45, 2.75) is 24.7 Å². The van der Waals surface area contributed by atoms with E-state index in [-0.39, 0.29) is 5.91 Å². The molecule has 0 aliphatic rings. The van der Waals surface area contributed by atoms with E-state index in [1.807, 2.05) is 57.1 Å². The van der Waals surface area contributed by atoms with Gasteiger partial charge in [0.15, 0.2) is 0 Å². The molecule has 1 amide bonds. The van der Waals surface area contributed by atoms with Gasteiger partial charge in [-0.1, -0.05) is 28.1 Å². The highest BCUT2D eigenvalue weighted by atomic mass is 79.9. The number of carbonyl (C=O) groups excluding carboxylic acids is 1. The van der Waals surface area contributed by atoms with Crippen molar-refractivity contribution in [1.82, 2.24) is 5.32 Å². The monoisotopic (exact) mass is 298 g/mol. The molecule has 0 spiro atoms. The van der Waals surface area contributed by atoms with Crippen molar-refractivity contribution in [1.29, 1.82) is 0 Å². The first-order chi connectivity index (χ1) is 7.80. The highest BCUT2D eigenvalue weighted by molar-refractivity contribution is 9.10. The maximum Gasteiger partial charge on any atom is 0.236 e. The molecule has 0 aromatic heterocycles. The number of nitrogens with one attached hydrogen (secondary N) is 1. The van der Waals surface area contributed by atoms with E-state index >= 15 is 0 Å². The lowest BCUT2D eigenvalue weighted by Gasteiger charge is -2.16. The van der Waals surface area contributed by atoms with E-state index in [0.717, 1.165) is 11.3 Å².